The van der Waals surface area contributed by atoms with Gasteiger partial charge in [0.2, 0.25) is 0 Å². The van der Waals surface area contributed by atoms with E-state index in [0.717, 1.165) is 11.1 Å². The Morgan fingerprint density at radius 1 is 1.12 bits per heavy atom. The molecular formula is C17H16N4O3. The first-order valence-electron chi connectivity index (χ1n) is 7.43. The summed E-state index contributed by atoms with van der Waals surface area (Å²) in [6.45, 7) is 0.478. The summed E-state index contributed by atoms with van der Waals surface area (Å²) in [5.41, 5.74) is 1.88. The smallest absolute Gasteiger partial charge is 0.305 e. The van der Waals surface area contributed by atoms with Gasteiger partial charge in [-0.2, -0.15) is 0 Å². The first-order chi connectivity index (χ1) is 11.7. The van der Waals surface area contributed by atoms with Crippen molar-refractivity contribution in [1.82, 2.24) is 20.2 Å². The van der Waals surface area contributed by atoms with Gasteiger partial charge in [-0.3, -0.25) is 4.79 Å². The van der Waals surface area contributed by atoms with E-state index in [0.29, 0.717) is 12.4 Å². The number of carboxylic acids is 1. The number of benzene rings is 2. The molecule has 2 aromatic carbocycles. The third kappa shape index (κ3) is 3.95. The molecule has 1 aromatic heterocycles. The van der Waals surface area contributed by atoms with E-state index in [4.69, 9.17) is 9.84 Å². The fourth-order valence-corrected chi connectivity index (χ4v) is 2.37. The number of aromatic nitrogens is 4. The summed E-state index contributed by atoms with van der Waals surface area (Å²) in [5, 5.41) is 20.1. The number of aliphatic carboxylic acids is 1. The third-order valence-electron chi connectivity index (χ3n) is 3.57. The van der Waals surface area contributed by atoms with Crippen molar-refractivity contribution in [1.29, 1.82) is 0 Å². The first kappa shape index (κ1) is 15.7. The number of nitrogens with zero attached hydrogens (tertiary/aromatic N) is 4. The second-order valence-electron chi connectivity index (χ2n) is 5.25. The molecule has 0 bridgehead atoms. The Hall–Kier alpha value is -3.22. The lowest BCUT2D eigenvalue weighted by atomic mass is 10.0. The number of carboxylic acid groups (broad SMARTS) is 1. The van der Waals surface area contributed by atoms with Gasteiger partial charge < -0.3 is 9.84 Å². The predicted molar refractivity (Wildman–Crippen MR) is 85.4 cm³/mol. The van der Waals surface area contributed by atoms with Crippen LogP contribution in [0.1, 0.15) is 23.6 Å². The molecule has 0 aliphatic heterocycles. The second kappa shape index (κ2) is 7.36. The molecule has 7 heteroatoms. The average molecular weight is 324 g/mol. The molecule has 0 fully saturated rings. The molecule has 0 spiro atoms. The van der Waals surface area contributed by atoms with Crippen LogP contribution < -0.4 is 4.74 Å². The van der Waals surface area contributed by atoms with Gasteiger partial charge in [0.25, 0.3) is 0 Å². The van der Waals surface area contributed by atoms with Crippen molar-refractivity contribution >= 4 is 5.97 Å². The highest BCUT2D eigenvalue weighted by Crippen LogP contribution is 2.23. The van der Waals surface area contributed by atoms with E-state index in [2.05, 4.69) is 15.5 Å². The molecule has 1 atom stereocenters. The number of carbonyl (C=O) groups is 1. The molecule has 3 rings (SSSR count). The molecule has 24 heavy (non-hydrogen) atoms. The molecule has 1 N–H and O–H groups in total. The number of ether oxygens (including phenoxy) is 1. The summed E-state index contributed by atoms with van der Waals surface area (Å²) in [4.78, 5) is 11.1. The number of tetrazole rings is 1. The Kier molecular flexibility index (Phi) is 4.81. The van der Waals surface area contributed by atoms with Gasteiger partial charge in [0.15, 0.2) is 0 Å². The normalized spacial score (nSPS) is 11.8. The molecule has 122 valence electrons. The fraction of sp³-hybridized carbons (Fsp3) is 0.176. The van der Waals surface area contributed by atoms with E-state index in [1.807, 2.05) is 54.6 Å². The molecule has 0 unspecified atom stereocenters. The second-order valence-corrected chi connectivity index (χ2v) is 5.25. The lowest BCUT2D eigenvalue weighted by molar-refractivity contribution is -0.137. The van der Waals surface area contributed by atoms with Crippen molar-refractivity contribution < 1.29 is 14.6 Å². The third-order valence-corrected chi connectivity index (χ3v) is 3.57. The summed E-state index contributed by atoms with van der Waals surface area (Å²) in [7, 11) is 0. The van der Waals surface area contributed by atoms with Crippen molar-refractivity contribution in [3.05, 3.63) is 72.1 Å². The zero-order valence-electron chi connectivity index (χ0n) is 12.8. The largest absolute Gasteiger partial charge is 0.489 e. The van der Waals surface area contributed by atoms with Crippen LogP contribution in [0.15, 0.2) is 60.9 Å². The SMILES string of the molecule is O=C(O)C[C@H](c1ccc(OCc2ccccc2)cc1)n1cnnn1. The minimum Gasteiger partial charge on any atom is -0.489 e. The molecule has 0 saturated carbocycles. The first-order valence-corrected chi connectivity index (χ1v) is 7.43. The maximum Gasteiger partial charge on any atom is 0.305 e. The van der Waals surface area contributed by atoms with Crippen LogP contribution in [0.5, 0.6) is 5.75 Å². The summed E-state index contributed by atoms with van der Waals surface area (Å²) in [6, 6.07) is 16.7. The minimum atomic E-state index is -0.917. The predicted octanol–water partition coefficient (Wildman–Crippen LogP) is 2.32. The molecule has 0 aliphatic carbocycles. The molecule has 0 aliphatic rings. The summed E-state index contributed by atoms with van der Waals surface area (Å²) < 4.78 is 7.17. The zero-order chi connectivity index (χ0) is 16.8. The van der Waals surface area contributed by atoms with Gasteiger partial charge in [-0.25, -0.2) is 4.68 Å². The van der Waals surface area contributed by atoms with Gasteiger partial charge in [-0.05, 0) is 33.7 Å². The quantitative estimate of drug-likeness (QED) is 0.717. The van der Waals surface area contributed by atoms with Crippen LogP contribution in [0.25, 0.3) is 0 Å². The van der Waals surface area contributed by atoms with Gasteiger partial charge in [0.1, 0.15) is 18.7 Å². The van der Waals surface area contributed by atoms with Crippen molar-refractivity contribution in [3.8, 4) is 5.75 Å². The highest BCUT2D eigenvalue weighted by atomic mass is 16.5. The lowest BCUT2D eigenvalue weighted by Crippen LogP contribution is -2.15. The monoisotopic (exact) mass is 324 g/mol. The zero-order valence-corrected chi connectivity index (χ0v) is 12.8. The fourth-order valence-electron chi connectivity index (χ4n) is 2.37. The molecule has 0 saturated heterocycles. The van der Waals surface area contributed by atoms with Crippen molar-refractivity contribution in [2.75, 3.05) is 0 Å². The molecule has 7 nitrogen and oxygen atoms in total. The van der Waals surface area contributed by atoms with E-state index in [1.54, 1.807) is 0 Å². The molecule has 3 aromatic rings. The Morgan fingerprint density at radius 3 is 2.50 bits per heavy atom. The van der Waals surface area contributed by atoms with Crippen LogP contribution in [0.2, 0.25) is 0 Å². The Labute approximate surface area is 138 Å². The van der Waals surface area contributed by atoms with E-state index < -0.39 is 12.0 Å². The maximum absolute atomic E-state index is 11.1. The van der Waals surface area contributed by atoms with Crippen LogP contribution in [0.3, 0.4) is 0 Å². The Balaban J connectivity index is 1.71. The van der Waals surface area contributed by atoms with Crippen molar-refractivity contribution in [2.24, 2.45) is 0 Å². The standard InChI is InChI=1S/C17H16N4O3/c22-17(23)10-16(21-12-18-19-20-21)14-6-8-15(9-7-14)24-11-13-4-2-1-3-5-13/h1-9,12,16H,10-11H2,(H,22,23)/t16-/m1/s1. The Bertz CT molecular complexity index is 773. The topological polar surface area (TPSA) is 90.1 Å². The van der Waals surface area contributed by atoms with E-state index in [9.17, 15) is 4.79 Å². The average Bonchev–Trinajstić information content (AvgIpc) is 3.13. The van der Waals surface area contributed by atoms with Crippen molar-refractivity contribution in [3.63, 3.8) is 0 Å². The molecular weight excluding hydrogens is 308 g/mol. The van der Waals surface area contributed by atoms with Crippen molar-refractivity contribution in [2.45, 2.75) is 19.1 Å². The molecule has 1 heterocycles. The van der Waals surface area contributed by atoms with Gasteiger partial charge in [-0.15, -0.1) is 5.10 Å². The molecule has 0 radical (unpaired) electrons. The summed E-state index contributed by atoms with van der Waals surface area (Å²) in [6.07, 6.45) is 1.31. The van der Waals surface area contributed by atoms with Gasteiger partial charge >= 0.3 is 5.97 Å². The van der Waals surface area contributed by atoms with E-state index in [1.165, 1.54) is 11.0 Å². The lowest BCUT2D eigenvalue weighted by Gasteiger charge is -2.15. The Morgan fingerprint density at radius 2 is 1.88 bits per heavy atom. The van der Waals surface area contributed by atoms with Crippen LogP contribution in [0.4, 0.5) is 0 Å². The summed E-state index contributed by atoms with van der Waals surface area (Å²) >= 11 is 0. The number of hydrogen-bond donors (Lipinski definition) is 1. The van der Waals surface area contributed by atoms with Crippen LogP contribution in [-0.2, 0) is 11.4 Å². The van der Waals surface area contributed by atoms with Gasteiger partial charge in [-0.1, -0.05) is 42.5 Å². The minimum absolute atomic E-state index is 0.102. The van der Waals surface area contributed by atoms with E-state index >= 15 is 0 Å². The molecule has 0 amide bonds. The van der Waals surface area contributed by atoms with Crippen LogP contribution in [-0.4, -0.2) is 31.3 Å². The number of rotatable bonds is 7. The maximum atomic E-state index is 11.1. The summed E-state index contributed by atoms with van der Waals surface area (Å²) in [5.74, 6) is -0.201. The van der Waals surface area contributed by atoms with Crippen LogP contribution >= 0.6 is 0 Å². The van der Waals surface area contributed by atoms with Crippen LogP contribution in [0, 0.1) is 0 Å². The van der Waals surface area contributed by atoms with Gasteiger partial charge in [0.05, 0.1) is 12.5 Å². The van der Waals surface area contributed by atoms with E-state index in [-0.39, 0.29) is 6.42 Å². The highest BCUT2D eigenvalue weighted by molar-refractivity contribution is 5.68. The van der Waals surface area contributed by atoms with Gasteiger partial charge in [0, 0.05) is 0 Å². The number of hydrogen-bond acceptors (Lipinski definition) is 5. The highest BCUT2D eigenvalue weighted by Gasteiger charge is 2.18.